The van der Waals surface area contributed by atoms with Crippen molar-refractivity contribution in [2.75, 3.05) is 6.54 Å². The summed E-state index contributed by atoms with van der Waals surface area (Å²) in [5, 5.41) is 3.74. The first kappa shape index (κ1) is 15.5. The molecule has 2 heteroatoms. The lowest BCUT2D eigenvalue weighted by Crippen LogP contribution is -2.39. The van der Waals surface area contributed by atoms with Gasteiger partial charge in [0.1, 0.15) is 5.82 Å². The van der Waals surface area contributed by atoms with Crippen LogP contribution >= 0.6 is 0 Å². The topological polar surface area (TPSA) is 12.0 Å². The smallest absolute Gasteiger partial charge is 0.123 e. The van der Waals surface area contributed by atoms with E-state index >= 15 is 0 Å². The Morgan fingerprint density at radius 2 is 2.00 bits per heavy atom. The second-order valence-electron chi connectivity index (χ2n) is 6.23. The van der Waals surface area contributed by atoms with Gasteiger partial charge in [0, 0.05) is 6.04 Å². The van der Waals surface area contributed by atoms with Crippen LogP contribution in [0.15, 0.2) is 18.2 Å². The molecule has 0 amide bonds. The first-order valence-corrected chi connectivity index (χ1v) is 8.19. The summed E-state index contributed by atoms with van der Waals surface area (Å²) in [7, 11) is 0. The van der Waals surface area contributed by atoms with Crippen LogP contribution in [0.5, 0.6) is 0 Å². The summed E-state index contributed by atoms with van der Waals surface area (Å²) in [6.07, 6.45) is 9.05. The second kappa shape index (κ2) is 7.78. The molecule has 1 fully saturated rings. The number of rotatable bonds is 6. The Balaban J connectivity index is 2.05. The molecule has 1 atom stereocenters. The molecule has 0 radical (unpaired) electrons. The molecule has 1 aromatic rings. The Hall–Kier alpha value is -0.890. The Labute approximate surface area is 123 Å². The fourth-order valence-electron chi connectivity index (χ4n) is 3.40. The zero-order valence-electron chi connectivity index (χ0n) is 12.9. The maximum atomic E-state index is 13.2. The van der Waals surface area contributed by atoms with Gasteiger partial charge < -0.3 is 5.32 Å². The first-order chi connectivity index (χ1) is 9.70. The Morgan fingerprint density at radius 1 is 1.25 bits per heavy atom. The summed E-state index contributed by atoms with van der Waals surface area (Å²) in [6.45, 7) is 5.33. The van der Waals surface area contributed by atoms with E-state index in [2.05, 4.69) is 12.2 Å². The molecule has 1 saturated carbocycles. The van der Waals surface area contributed by atoms with E-state index in [1.54, 1.807) is 12.1 Å². The van der Waals surface area contributed by atoms with Crippen molar-refractivity contribution in [2.45, 2.75) is 64.8 Å². The minimum atomic E-state index is -0.123. The van der Waals surface area contributed by atoms with Crippen LogP contribution in [0, 0.1) is 18.7 Å². The molecular weight excluding hydrogens is 249 g/mol. The normalized spacial score (nSPS) is 18.1. The molecule has 1 aliphatic rings. The molecule has 0 bridgehead atoms. The molecule has 0 spiro atoms. The average Bonchev–Trinajstić information content (AvgIpc) is 2.46. The average molecular weight is 277 g/mol. The summed E-state index contributed by atoms with van der Waals surface area (Å²) < 4.78 is 13.2. The van der Waals surface area contributed by atoms with E-state index in [1.807, 2.05) is 13.0 Å². The number of hydrogen-bond donors (Lipinski definition) is 1. The lowest BCUT2D eigenvalue weighted by Gasteiger charge is -2.31. The van der Waals surface area contributed by atoms with Crippen LogP contribution in [-0.4, -0.2) is 12.6 Å². The number of hydrogen-bond acceptors (Lipinski definition) is 1. The highest BCUT2D eigenvalue weighted by molar-refractivity contribution is 5.27. The second-order valence-corrected chi connectivity index (χ2v) is 6.23. The lowest BCUT2D eigenvalue weighted by molar-refractivity contribution is 0.267. The third-order valence-electron chi connectivity index (χ3n) is 4.62. The molecule has 0 aromatic heterocycles. The molecule has 2 rings (SSSR count). The molecule has 0 saturated heterocycles. The molecular formula is C18H28FN. The molecule has 1 aliphatic carbocycles. The predicted octanol–water partition coefficient (Wildman–Crippen LogP) is 4.63. The van der Waals surface area contributed by atoms with E-state index in [9.17, 15) is 4.39 Å². The van der Waals surface area contributed by atoms with Crippen molar-refractivity contribution in [2.24, 2.45) is 5.92 Å². The van der Waals surface area contributed by atoms with Gasteiger partial charge in [-0.2, -0.15) is 0 Å². The van der Waals surface area contributed by atoms with Crippen LogP contribution in [0.3, 0.4) is 0 Å². The Kier molecular flexibility index (Phi) is 6.03. The first-order valence-electron chi connectivity index (χ1n) is 8.19. The van der Waals surface area contributed by atoms with Crippen molar-refractivity contribution in [1.29, 1.82) is 0 Å². The maximum absolute atomic E-state index is 13.2. The number of aryl methyl sites for hydroxylation is 1. The van der Waals surface area contributed by atoms with Crippen molar-refractivity contribution in [3.63, 3.8) is 0 Å². The van der Waals surface area contributed by atoms with E-state index in [0.717, 1.165) is 24.4 Å². The predicted molar refractivity (Wildman–Crippen MR) is 83.5 cm³/mol. The van der Waals surface area contributed by atoms with E-state index in [-0.39, 0.29) is 5.82 Å². The van der Waals surface area contributed by atoms with Gasteiger partial charge in [-0.05, 0) is 68.3 Å². The molecule has 0 heterocycles. The van der Waals surface area contributed by atoms with E-state index in [1.165, 1.54) is 44.1 Å². The highest BCUT2D eigenvalue weighted by Crippen LogP contribution is 2.28. The van der Waals surface area contributed by atoms with Crippen molar-refractivity contribution in [3.8, 4) is 0 Å². The zero-order valence-corrected chi connectivity index (χ0v) is 12.9. The summed E-state index contributed by atoms with van der Waals surface area (Å²) >= 11 is 0. The van der Waals surface area contributed by atoms with Gasteiger partial charge in [0.25, 0.3) is 0 Å². The molecule has 1 aromatic carbocycles. The van der Waals surface area contributed by atoms with Gasteiger partial charge in [-0.3, -0.25) is 0 Å². The van der Waals surface area contributed by atoms with Gasteiger partial charge in [-0.25, -0.2) is 4.39 Å². The zero-order chi connectivity index (χ0) is 14.4. The van der Waals surface area contributed by atoms with Gasteiger partial charge in [-0.15, -0.1) is 0 Å². The quantitative estimate of drug-likeness (QED) is 0.799. The molecule has 1 nitrogen and oxygen atoms in total. The van der Waals surface area contributed by atoms with E-state index < -0.39 is 0 Å². The number of halogens is 1. The van der Waals surface area contributed by atoms with Crippen LogP contribution in [0.2, 0.25) is 0 Å². The molecule has 1 unspecified atom stereocenters. The van der Waals surface area contributed by atoms with Crippen LogP contribution in [0.1, 0.15) is 56.6 Å². The fourth-order valence-corrected chi connectivity index (χ4v) is 3.40. The van der Waals surface area contributed by atoms with Crippen LogP contribution in [-0.2, 0) is 6.42 Å². The lowest BCUT2D eigenvalue weighted by atomic mass is 9.81. The number of benzene rings is 1. The molecule has 112 valence electrons. The van der Waals surface area contributed by atoms with Gasteiger partial charge in [0.15, 0.2) is 0 Å². The molecule has 1 N–H and O–H groups in total. The monoisotopic (exact) mass is 277 g/mol. The largest absolute Gasteiger partial charge is 0.313 e. The molecule has 0 aliphatic heterocycles. The van der Waals surface area contributed by atoms with Crippen molar-refractivity contribution >= 4 is 0 Å². The highest BCUT2D eigenvalue weighted by atomic mass is 19.1. The SMILES string of the molecule is CCCNC(Cc1ccc(F)cc1C)C1CCCCC1. The third-order valence-corrected chi connectivity index (χ3v) is 4.62. The third kappa shape index (κ3) is 4.31. The van der Waals surface area contributed by atoms with Crippen LogP contribution < -0.4 is 5.32 Å². The van der Waals surface area contributed by atoms with Gasteiger partial charge in [-0.1, -0.05) is 32.3 Å². The standard InChI is InChI=1S/C18H28FN/c1-3-11-20-18(15-7-5-4-6-8-15)13-16-9-10-17(19)12-14(16)2/h9-10,12,15,18,20H,3-8,11,13H2,1-2H3. The summed E-state index contributed by atoms with van der Waals surface area (Å²) in [5.74, 6) is 0.668. The van der Waals surface area contributed by atoms with E-state index in [0.29, 0.717) is 6.04 Å². The fraction of sp³-hybridized carbons (Fsp3) is 0.667. The summed E-state index contributed by atoms with van der Waals surface area (Å²) in [6, 6.07) is 5.78. The minimum absolute atomic E-state index is 0.123. The van der Waals surface area contributed by atoms with Crippen LogP contribution in [0.4, 0.5) is 4.39 Å². The molecule has 20 heavy (non-hydrogen) atoms. The maximum Gasteiger partial charge on any atom is 0.123 e. The van der Waals surface area contributed by atoms with Gasteiger partial charge in [0.05, 0.1) is 0 Å². The van der Waals surface area contributed by atoms with Crippen molar-refractivity contribution in [1.82, 2.24) is 5.32 Å². The Morgan fingerprint density at radius 3 is 2.65 bits per heavy atom. The van der Waals surface area contributed by atoms with Crippen molar-refractivity contribution in [3.05, 3.63) is 35.1 Å². The van der Waals surface area contributed by atoms with Gasteiger partial charge in [0.2, 0.25) is 0 Å². The van der Waals surface area contributed by atoms with Crippen molar-refractivity contribution < 1.29 is 4.39 Å². The Bertz CT molecular complexity index is 410. The van der Waals surface area contributed by atoms with E-state index in [4.69, 9.17) is 0 Å². The van der Waals surface area contributed by atoms with Gasteiger partial charge >= 0.3 is 0 Å². The highest BCUT2D eigenvalue weighted by Gasteiger charge is 2.23. The minimum Gasteiger partial charge on any atom is -0.313 e. The summed E-state index contributed by atoms with van der Waals surface area (Å²) in [4.78, 5) is 0. The number of nitrogens with one attached hydrogen (secondary N) is 1. The summed E-state index contributed by atoms with van der Waals surface area (Å²) in [5.41, 5.74) is 2.38. The van der Waals surface area contributed by atoms with Crippen LogP contribution in [0.25, 0.3) is 0 Å².